The highest BCUT2D eigenvalue weighted by Gasteiger charge is 2.21. The van der Waals surface area contributed by atoms with Crippen molar-refractivity contribution < 1.29 is 4.79 Å². The van der Waals surface area contributed by atoms with Gasteiger partial charge in [-0.1, -0.05) is 77.8 Å². The molecule has 0 fully saturated rings. The summed E-state index contributed by atoms with van der Waals surface area (Å²) < 4.78 is 0. The molecule has 1 aliphatic heterocycles. The molecule has 0 radical (unpaired) electrons. The second-order valence-electron chi connectivity index (χ2n) is 7.18. The maximum atomic E-state index is 11.3. The number of carbonyl (C=O) groups is 1. The van der Waals surface area contributed by atoms with Gasteiger partial charge < -0.3 is 0 Å². The summed E-state index contributed by atoms with van der Waals surface area (Å²) in [6, 6.07) is 22.5. The molecule has 152 valence electrons. The third-order valence-electron chi connectivity index (χ3n) is 5.06. The predicted molar refractivity (Wildman–Crippen MR) is 124 cm³/mol. The van der Waals surface area contributed by atoms with Crippen LogP contribution in [0.4, 0.5) is 5.69 Å². The zero-order valence-electron chi connectivity index (χ0n) is 16.3. The first-order valence-corrected chi connectivity index (χ1v) is 10.5. The summed E-state index contributed by atoms with van der Waals surface area (Å²) >= 11 is 13.1. The van der Waals surface area contributed by atoms with Crippen molar-refractivity contribution in [1.29, 1.82) is 0 Å². The third-order valence-corrected chi connectivity index (χ3v) is 5.74. The van der Waals surface area contributed by atoms with E-state index in [2.05, 4.69) is 58.9 Å². The molecule has 6 heteroatoms. The number of halogens is 2. The van der Waals surface area contributed by atoms with E-state index in [0.717, 1.165) is 23.8 Å². The fraction of sp³-hybridized carbons (Fsp3) is 0.167. The van der Waals surface area contributed by atoms with Crippen LogP contribution in [0.1, 0.15) is 22.3 Å². The lowest BCUT2D eigenvalue weighted by atomic mass is 10.00. The van der Waals surface area contributed by atoms with Crippen LogP contribution in [0, 0.1) is 0 Å². The SMILES string of the molecule is O=CC1NCC=NN1c1cc(Cl)c(Cc2ccc(Cc3ccccc3)cc2)c(Cl)c1. The van der Waals surface area contributed by atoms with E-state index in [9.17, 15) is 4.79 Å². The molecule has 3 aromatic carbocycles. The van der Waals surface area contributed by atoms with Crippen molar-refractivity contribution in [1.82, 2.24) is 5.32 Å². The first kappa shape index (κ1) is 20.6. The van der Waals surface area contributed by atoms with E-state index in [0.29, 0.717) is 28.7 Å². The first-order valence-electron chi connectivity index (χ1n) is 9.74. The number of nitrogens with zero attached hydrogens (tertiary/aromatic N) is 2. The Bertz CT molecular complexity index is 1030. The molecule has 0 bridgehead atoms. The molecule has 1 atom stereocenters. The van der Waals surface area contributed by atoms with Gasteiger partial charge in [0.15, 0.2) is 12.5 Å². The Balaban J connectivity index is 1.51. The number of aldehydes is 1. The summed E-state index contributed by atoms with van der Waals surface area (Å²) in [6.07, 6.45) is 3.50. The highest BCUT2D eigenvalue weighted by molar-refractivity contribution is 6.36. The minimum atomic E-state index is -0.537. The number of hydrogen-bond acceptors (Lipinski definition) is 4. The van der Waals surface area contributed by atoms with Gasteiger partial charge in [-0.2, -0.15) is 5.10 Å². The van der Waals surface area contributed by atoms with Crippen molar-refractivity contribution in [3.8, 4) is 0 Å². The van der Waals surface area contributed by atoms with Crippen LogP contribution in [0.3, 0.4) is 0 Å². The molecule has 0 saturated heterocycles. The molecule has 3 aromatic rings. The molecule has 0 aliphatic carbocycles. The van der Waals surface area contributed by atoms with Gasteiger partial charge in [0.2, 0.25) is 0 Å². The zero-order chi connectivity index (χ0) is 20.9. The average molecular weight is 438 g/mol. The van der Waals surface area contributed by atoms with Crippen LogP contribution in [-0.4, -0.2) is 25.2 Å². The molecule has 0 spiro atoms. The lowest BCUT2D eigenvalue weighted by Gasteiger charge is -2.29. The molecule has 1 heterocycles. The van der Waals surface area contributed by atoms with Gasteiger partial charge in [0, 0.05) is 29.2 Å². The second kappa shape index (κ2) is 9.43. The molecule has 0 aromatic heterocycles. The Hall–Kier alpha value is -2.66. The van der Waals surface area contributed by atoms with E-state index in [4.69, 9.17) is 23.2 Å². The molecular weight excluding hydrogens is 417 g/mol. The van der Waals surface area contributed by atoms with Crippen LogP contribution in [0.25, 0.3) is 0 Å². The second-order valence-corrected chi connectivity index (χ2v) is 7.99. The van der Waals surface area contributed by atoms with Crippen LogP contribution in [0.15, 0.2) is 71.8 Å². The molecule has 1 unspecified atom stereocenters. The van der Waals surface area contributed by atoms with Crippen molar-refractivity contribution in [3.63, 3.8) is 0 Å². The molecular formula is C24H21Cl2N3O. The quantitative estimate of drug-likeness (QED) is 0.545. The van der Waals surface area contributed by atoms with E-state index in [-0.39, 0.29) is 0 Å². The number of hydrogen-bond donors (Lipinski definition) is 1. The Kier molecular flexibility index (Phi) is 6.48. The van der Waals surface area contributed by atoms with Crippen LogP contribution >= 0.6 is 23.2 Å². The predicted octanol–water partition coefficient (Wildman–Crippen LogP) is 5.10. The Morgan fingerprint density at radius 2 is 1.53 bits per heavy atom. The molecule has 0 saturated carbocycles. The van der Waals surface area contributed by atoms with Gasteiger partial charge in [-0.3, -0.25) is 10.1 Å². The Labute approximate surface area is 186 Å². The summed E-state index contributed by atoms with van der Waals surface area (Å²) in [6.45, 7) is 0.541. The number of rotatable bonds is 6. The summed E-state index contributed by atoms with van der Waals surface area (Å²) in [5.74, 6) is 0. The number of carbonyl (C=O) groups excluding carboxylic acids is 1. The normalized spacial score (nSPS) is 15.9. The fourth-order valence-electron chi connectivity index (χ4n) is 3.50. The average Bonchev–Trinajstić information content (AvgIpc) is 2.78. The minimum absolute atomic E-state index is 0.537. The standard InChI is InChI=1S/C24H21Cl2N3O/c25-22-14-20(29-24(16-30)27-10-11-28-29)15-23(26)21(22)13-19-8-6-18(7-9-19)12-17-4-2-1-3-5-17/h1-9,11,14-16,24,27H,10,12-13H2. The number of benzene rings is 3. The molecule has 4 nitrogen and oxygen atoms in total. The van der Waals surface area contributed by atoms with Gasteiger partial charge in [0.05, 0.1) is 5.69 Å². The number of nitrogens with one attached hydrogen (secondary N) is 1. The maximum absolute atomic E-state index is 11.3. The first-order chi connectivity index (χ1) is 14.6. The molecule has 0 amide bonds. The van der Waals surface area contributed by atoms with E-state index in [1.807, 2.05) is 6.07 Å². The van der Waals surface area contributed by atoms with Crippen molar-refractivity contribution >= 4 is 41.4 Å². The Morgan fingerprint density at radius 1 is 0.933 bits per heavy atom. The summed E-state index contributed by atoms with van der Waals surface area (Å²) in [4.78, 5) is 11.3. The van der Waals surface area contributed by atoms with E-state index >= 15 is 0 Å². The van der Waals surface area contributed by atoms with Crippen LogP contribution in [-0.2, 0) is 17.6 Å². The lowest BCUT2D eigenvalue weighted by Crippen LogP contribution is -2.48. The molecule has 1 N–H and O–H groups in total. The maximum Gasteiger partial charge on any atom is 0.159 e. The zero-order valence-corrected chi connectivity index (χ0v) is 17.8. The molecule has 30 heavy (non-hydrogen) atoms. The number of hydrazone groups is 1. The van der Waals surface area contributed by atoms with Gasteiger partial charge in [-0.05, 0) is 40.8 Å². The monoisotopic (exact) mass is 437 g/mol. The Morgan fingerprint density at radius 3 is 2.17 bits per heavy atom. The van der Waals surface area contributed by atoms with Crippen molar-refractivity contribution in [2.75, 3.05) is 11.6 Å². The summed E-state index contributed by atoms with van der Waals surface area (Å²) in [7, 11) is 0. The van der Waals surface area contributed by atoms with Crippen molar-refractivity contribution in [2.45, 2.75) is 19.0 Å². The molecule has 4 rings (SSSR count). The highest BCUT2D eigenvalue weighted by Crippen LogP contribution is 2.33. The molecule has 1 aliphatic rings. The van der Waals surface area contributed by atoms with Gasteiger partial charge in [0.1, 0.15) is 0 Å². The van der Waals surface area contributed by atoms with Crippen LogP contribution in [0.5, 0.6) is 0 Å². The smallest absolute Gasteiger partial charge is 0.159 e. The number of anilines is 1. The van der Waals surface area contributed by atoms with Crippen LogP contribution < -0.4 is 10.3 Å². The minimum Gasteiger partial charge on any atom is -0.299 e. The van der Waals surface area contributed by atoms with E-state index in [1.54, 1.807) is 23.4 Å². The van der Waals surface area contributed by atoms with Gasteiger partial charge in [0.25, 0.3) is 0 Å². The summed E-state index contributed by atoms with van der Waals surface area (Å²) in [5.41, 5.74) is 5.21. The van der Waals surface area contributed by atoms with Crippen molar-refractivity contribution in [3.05, 3.63) is 99.0 Å². The van der Waals surface area contributed by atoms with E-state index < -0.39 is 6.17 Å². The van der Waals surface area contributed by atoms with Crippen molar-refractivity contribution in [2.24, 2.45) is 5.10 Å². The van der Waals surface area contributed by atoms with Gasteiger partial charge >= 0.3 is 0 Å². The fourth-order valence-corrected chi connectivity index (χ4v) is 4.10. The topological polar surface area (TPSA) is 44.7 Å². The van der Waals surface area contributed by atoms with Gasteiger partial charge in [-0.25, -0.2) is 5.01 Å². The summed E-state index contributed by atoms with van der Waals surface area (Å²) in [5, 5.41) is 10.0. The van der Waals surface area contributed by atoms with E-state index in [1.165, 1.54) is 11.1 Å². The lowest BCUT2D eigenvalue weighted by molar-refractivity contribution is -0.109. The third kappa shape index (κ3) is 4.73. The highest BCUT2D eigenvalue weighted by atomic mass is 35.5. The largest absolute Gasteiger partial charge is 0.299 e. The van der Waals surface area contributed by atoms with Crippen LogP contribution in [0.2, 0.25) is 10.0 Å². The van der Waals surface area contributed by atoms with Gasteiger partial charge in [-0.15, -0.1) is 0 Å².